The Labute approximate surface area is 92.4 Å². The number of ether oxygens (including phenoxy) is 2. The molecule has 1 aliphatic rings. The maximum Gasteiger partial charge on any atom is 0.509 e. The van der Waals surface area contributed by atoms with E-state index >= 15 is 0 Å². The molecule has 1 aliphatic heterocycles. The molecule has 84 valence electrons. The van der Waals surface area contributed by atoms with Crippen LogP contribution < -0.4 is 5.32 Å². The average molecular weight is 221 g/mol. The van der Waals surface area contributed by atoms with Crippen molar-refractivity contribution in [2.24, 2.45) is 0 Å². The Morgan fingerprint density at radius 3 is 2.75 bits per heavy atom. The van der Waals surface area contributed by atoms with Crippen molar-refractivity contribution in [3.63, 3.8) is 0 Å². The first-order valence-electron chi connectivity index (χ1n) is 4.76. The van der Waals surface area contributed by atoms with Crippen LogP contribution >= 0.6 is 0 Å². The first-order chi connectivity index (χ1) is 7.58. The van der Waals surface area contributed by atoms with Crippen molar-refractivity contribution >= 4 is 17.7 Å². The van der Waals surface area contributed by atoms with Crippen molar-refractivity contribution in [1.29, 1.82) is 0 Å². The fourth-order valence-corrected chi connectivity index (χ4v) is 1.68. The van der Waals surface area contributed by atoms with Gasteiger partial charge in [-0.15, -0.1) is 0 Å². The fourth-order valence-electron chi connectivity index (χ4n) is 1.68. The molecule has 5 heteroatoms. The van der Waals surface area contributed by atoms with Gasteiger partial charge in [0, 0.05) is 11.3 Å². The largest absolute Gasteiger partial charge is 0.509 e. The second-order valence-corrected chi connectivity index (χ2v) is 3.59. The monoisotopic (exact) mass is 221 g/mol. The maximum absolute atomic E-state index is 11.8. The van der Waals surface area contributed by atoms with Crippen molar-refractivity contribution in [3.05, 3.63) is 29.8 Å². The fraction of sp³-hybridized carbons (Fsp3) is 0.273. The highest BCUT2D eigenvalue weighted by molar-refractivity contribution is 6.05. The van der Waals surface area contributed by atoms with Crippen LogP contribution in [0.25, 0.3) is 0 Å². The summed E-state index contributed by atoms with van der Waals surface area (Å²) in [6.07, 6.45) is -0.880. The minimum atomic E-state index is -1.32. The molecule has 0 aliphatic carbocycles. The highest BCUT2D eigenvalue weighted by Gasteiger charge is 2.46. The lowest BCUT2D eigenvalue weighted by molar-refractivity contribution is -0.134. The van der Waals surface area contributed by atoms with Gasteiger partial charge in [-0.05, 0) is 13.0 Å². The summed E-state index contributed by atoms with van der Waals surface area (Å²) in [6.45, 7) is 1.53. The standard InChI is InChI=1S/C11H11NO4/c1-11(16-10(14)15-2)7-5-3-4-6-8(7)12-9(11)13/h3-6H,1-2H3,(H,12,13). The zero-order valence-electron chi connectivity index (χ0n) is 8.94. The highest BCUT2D eigenvalue weighted by Crippen LogP contribution is 2.38. The Balaban J connectivity index is 2.40. The number of benzene rings is 1. The van der Waals surface area contributed by atoms with Gasteiger partial charge in [-0.1, -0.05) is 18.2 Å². The molecule has 0 bridgehead atoms. The number of amides is 1. The smallest absolute Gasteiger partial charge is 0.438 e. The van der Waals surface area contributed by atoms with Gasteiger partial charge in [0.1, 0.15) is 0 Å². The molecule has 0 spiro atoms. The second-order valence-electron chi connectivity index (χ2n) is 3.59. The number of carbonyl (C=O) groups excluding carboxylic acids is 2. The number of para-hydroxylation sites is 1. The first kappa shape index (κ1) is 10.5. The van der Waals surface area contributed by atoms with Gasteiger partial charge in [0.25, 0.3) is 5.91 Å². The van der Waals surface area contributed by atoms with Gasteiger partial charge in [-0.2, -0.15) is 0 Å². The molecule has 0 radical (unpaired) electrons. The Morgan fingerprint density at radius 2 is 2.06 bits per heavy atom. The molecule has 1 unspecified atom stereocenters. The number of anilines is 1. The van der Waals surface area contributed by atoms with E-state index in [0.717, 1.165) is 0 Å². The number of carbonyl (C=O) groups is 2. The normalized spacial score (nSPS) is 22.2. The van der Waals surface area contributed by atoms with E-state index in [1.54, 1.807) is 24.3 Å². The lowest BCUT2D eigenvalue weighted by Gasteiger charge is -2.21. The number of methoxy groups -OCH3 is 1. The molecule has 0 aromatic heterocycles. The van der Waals surface area contributed by atoms with E-state index < -0.39 is 11.8 Å². The SMILES string of the molecule is COC(=O)OC1(C)C(=O)Nc2ccccc21. The third-order valence-electron chi connectivity index (χ3n) is 2.58. The second kappa shape index (κ2) is 3.52. The highest BCUT2D eigenvalue weighted by atomic mass is 16.7. The molecule has 2 rings (SSSR count). The molecule has 0 saturated carbocycles. The van der Waals surface area contributed by atoms with E-state index in [1.807, 2.05) is 0 Å². The molecule has 1 heterocycles. The van der Waals surface area contributed by atoms with Crippen LogP contribution in [0, 0.1) is 0 Å². The number of nitrogens with one attached hydrogen (secondary N) is 1. The van der Waals surface area contributed by atoms with Crippen LogP contribution in [0.2, 0.25) is 0 Å². The van der Waals surface area contributed by atoms with Gasteiger partial charge in [-0.25, -0.2) is 4.79 Å². The van der Waals surface area contributed by atoms with Gasteiger partial charge < -0.3 is 14.8 Å². The van der Waals surface area contributed by atoms with E-state index in [0.29, 0.717) is 11.3 Å². The van der Waals surface area contributed by atoms with Crippen molar-refractivity contribution < 1.29 is 19.1 Å². The van der Waals surface area contributed by atoms with E-state index in [4.69, 9.17) is 4.74 Å². The first-order valence-corrected chi connectivity index (χ1v) is 4.76. The molecule has 0 fully saturated rings. The van der Waals surface area contributed by atoms with E-state index in [1.165, 1.54) is 14.0 Å². The zero-order valence-corrected chi connectivity index (χ0v) is 8.94. The van der Waals surface area contributed by atoms with Crippen LogP contribution in [0.5, 0.6) is 0 Å². The average Bonchev–Trinajstić information content (AvgIpc) is 2.52. The van der Waals surface area contributed by atoms with Gasteiger partial charge in [0.05, 0.1) is 7.11 Å². The van der Waals surface area contributed by atoms with E-state index in [9.17, 15) is 9.59 Å². The Kier molecular flexibility index (Phi) is 2.30. The van der Waals surface area contributed by atoms with Gasteiger partial charge in [0.15, 0.2) is 0 Å². The Morgan fingerprint density at radius 1 is 1.38 bits per heavy atom. The molecule has 1 amide bonds. The van der Waals surface area contributed by atoms with Crippen LogP contribution in [0.3, 0.4) is 0 Å². The Bertz CT molecular complexity index is 457. The van der Waals surface area contributed by atoms with Crippen LogP contribution in [0.15, 0.2) is 24.3 Å². The van der Waals surface area contributed by atoms with Crippen LogP contribution in [-0.4, -0.2) is 19.2 Å². The number of rotatable bonds is 1. The van der Waals surface area contributed by atoms with Crippen LogP contribution in [-0.2, 0) is 19.9 Å². The lowest BCUT2D eigenvalue weighted by Crippen LogP contribution is -2.36. The maximum atomic E-state index is 11.8. The number of hydrogen-bond acceptors (Lipinski definition) is 4. The number of hydrogen-bond donors (Lipinski definition) is 1. The quantitative estimate of drug-likeness (QED) is 0.732. The third-order valence-corrected chi connectivity index (χ3v) is 2.58. The summed E-state index contributed by atoms with van der Waals surface area (Å²) in [5, 5.41) is 2.65. The molecule has 1 aromatic rings. The van der Waals surface area contributed by atoms with Gasteiger partial charge in [0.2, 0.25) is 5.60 Å². The molecular formula is C11H11NO4. The van der Waals surface area contributed by atoms with Gasteiger partial charge >= 0.3 is 6.16 Å². The minimum absolute atomic E-state index is 0.376. The van der Waals surface area contributed by atoms with E-state index in [2.05, 4.69) is 10.1 Å². The lowest BCUT2D eigenvalue weighted by atomic mass is 9.98. The molecule has 1 aromatic carbocycles. The van der Waals surface area contributed by atoms with E-state index in [-0.39, 0.29) is 5.91 Å². The molecule has 0 saturated heterocycles. The van der Waals surface area contributed by atoms with Gasteiger partial charge in [-0.3, -0.25) is 4.79 Å². The van der Waals surface area contributed by atoms with Crippen molar-refractivity contribution in [2.75, 3.05) is 12.4 Å². The molecule has 16 heavy (non-hydrogen) atoms. The summed E-state index contributed by atoms with van der Waals surface area (Å²) in [5.41, 5.74) is -0.0340. The molecule has 1 atom stereocenters. The predicted molar refractivity (Wildman–Crippen MR) is 55.9 cm³/mol. The summed E-state index contributed by atoms with van der Waals surface area (Å²) in [6, 6.07) is 7.05. The minimum Gasteiger partial charge on any atom is -0.438 e. The summed E-state index contributed by atoms with van der Waals surface area (Å²) >= 11 is 0. The topological polar surface area (TPSA) is 64.6 Å². The van der Waals surface area contributed by atoms with Crippen molar-refractivity contribution in [1.82, 2.24) is 0 Å². The summed E-state index contributed by atoms with van der Waals surface area (Å²) in [4.78, 5) is 22.9. The number of fused-ring (bicyclic) bond motifs is 1. The van der Waals surface area contributed by atoms with Crippen LogP contribution in [0.1, 0.15) is 12.5 Å². The van der Waals surface area contributed by atoms with Crippen molar-refractivity contribution in [3.8, 4) is 0 Å². The zero-order chi connectivity index (χ0) is 11.8. The summed E-state index contributed by atoms with van der Waals surface area (Å²) in [7, 11) is 1.20. The predicted octanol–water partition coefficient (Wildman–Crippen LogP) is 1.64. The van der Waals surface area contributed by atoms with Crippen molar-refractivity contribution in [2.45, 2.75) is 12.5 Å². The summed E-state index contributed by atoms with van der Waals surface area (Å²) in [5.74, 6) is -0.376. The summed E-state index contributed by atoms with van der Waals surface area (Å²) < 4.78 is 9.41. The Hall–Kier alpha value is -2.04. The molecule has 1 N–H and O–H groups in total. The third kappa shape index (κ3) is 1.41. The molecule has 5 nitrogen and oxygen atoms in total. The van der Waals surface area contributed by atoms with Crippen LogP contribution in [0.4, 0.5) is 10.5 Å². The molecular weight excluding hydrogens is 210 g/mol.